The van der Waals surface area contributed by atoms with Crippen molar-refractivity contribution in [3.05, 3.63) is 35.9 Å². The van der Waals surface area contributed by atoms with Crippen molar-refractivity contribution >= 4 is 10.8 Å². The summed E-state index contributed by atoms with van der Waals surface area (Å²) in [5, 5.41) is 11.8. The average molecular weight is 246 g/mol. The molecule has 0 saturated carbocycles. The molecule has 0 aliphatic carbocycles. The van der Waals surface area contributed by atoms with Gasteiger partial charge in [0.2, 0.25) is 0 Å². The smallest absolute Gasteiger partial charge is 0.122 e. The summed E-state index contributed by atoms with van der Waals surface area (Å²) < 4.78 is 10.6. The highest BCUT2D eigenvalue weighted by atomic mass is 16.5. The lowest BCUT2D eigenvalue weighted by Gasteiger charge is -2.14. The van der Waals surface area contributed by atoms with Crippen LogP contribution >= 0.6 is 0 Å². The highest BCUT2D eigenvalue weighted by molar-refractivity contribution is 5.89. The Balaban J connectivity index is 2.65. The van der Waals surface area contributed by atoms with Crippen molar-refractivity contribution in [2.24, 2.45) is 0 Å². The van der Waals surface area contributed by atoms with Gasteiger partial charge in [0.25, 0.3) is 0 Å². The molecule has 0 radical (unpaired) electrons. The summed E-state index contributed by atoms with van der Waals surface area (Å²) >= 11 is 0. The van der Waals surface area contributed by atoms with Gasteiger partial charge in [-0.15, -0.1) is 0 Å². The molecule has 2 rings (SSSR count). The molecule has 0 spiro atoms. The average Bonchev–Trinajstić information content (AvgIpc) is 2.38. The molecule has 1 N–H and O–H groups in total. The van der Waals surface area contributed by atoms with Crippen LogP contribution in [0.25, 0.3) is 10.8 Å². The first-order valence-electron chi connectivity index (χ1n) is 5.97. The molecule has 18 heavy (non-hydrogen) atoms. The van der Waals surface area contributed by atoms with Crippen molar-refractivity contribution in [3.8, 4) is 11.5 Å². The first-order chi connectivity index (χ1) is 8.65. The topological polar surface area (TPSA) is 38.7 Å². The Morgan fingerprint density at radius 3 is 2.44 bits per heavy atom. The fraction of sp³-hybridized carbons (Fsp3) is 0.333. The van der Waals surface area contributed by atoms with Gasteiger partial charge in [0.05, 0.1) is 20.3 Å². The van der Waals surface area contributed by atoms with Crippen LogP contribution in [0.2, 0.25) is 0 Å². The van der Waals surface area contributed by atoms with E-state index < -0.39 is 6.10 Å². The van der Waals surface area contributed by atoms with Gasteiger partial charge in [0.1, 0.15) is 11.5 Å². The molecule has 0 bridgehead atoms. The lowest BCUT2D eigenvalue weighted by Crippen LogP contribution is -2.06. The van der Waals surface area contributed by atoms with Gasteiger partial charge in [-0.1, -0.05) is 12.1 Å². The Bertz CT molecular complexity index is 541. The largest absolute Gasteiger partial charge is 0.497 e. The fourth-order valence-electron chi connectivity index (χ4n) is 2.17. The number of fused-ring (bicyclic) bond motifs is 1. The highest BCUT2D eigenvalue weighted by Gasteiger charge is 2.11. The van der Waals surface area contributed by atoms with E-state index in [2.05, 4.69) is 0 Å². The van der Waals surface area contributed by atoms with Crippen molar-refractivity contribution in [1.82, 2.24) is 0 Å². The summed E-state index contributed by atoms with van der Waals surface area (Å²) in [7, 11) is 3.29. The Labute approximate surface area is 107 Å². The Hall–Kier alpha value is -1.74. The molecule has 0 aliphatic rings. The third-order valence-corrected chi connectivity index (χ3v) is 3.02. The Kier molecular flexibility index (Phi) is 3.72. The van der Waals surface area contributed by atoms with E-state index in [4.69, 9.17) is 9.47 Å². The van der Waals surface area contributed by atoms with Crippen LogP contribution in [0.3, 0.4) is 0 Å². The highest BCUT2D eigenvalue weighted by Crippen LogP contribution is 2.31. The normalized spacial score (nSPS) is 12.4. The van der Waals surface area contributed by atoms with E-state index in [1.807, 2.05) is 30.3 Å². The summed E-state index contributed by atoms with van der Waals surface area (Å²) in [6, 6.07) is 9.88. The van der Waals surface area contributed by atoms with Gasteiger partial charge in [-0.3, -0.25) is 0 Å². The van der Waals surface area contributed by atoms with Crippen LogP contribution in [-0.4, -0.2) is 25.4 Å². The number of ether oxygens (including phenoxy) is 2. The second kappa shape index (κ2) is 5.27. The molecule has 2 aromatic rings. The predicted octanol–water partition coefficient (Wildman–Crippen LogP) is 2.78. The lowest BCUT2D eigenvalue weighted by atomic mass is 9.99. The minimum atomic E-state index is -0.407. The zero-order chi connectivity index (χ0) is 13.1. The Morgan fingerprint density at radius 1 is 1.11 bits per heavy atom. The van der Waals surface area contributed by atoms with Crippen LogP contribution in [0.15, 0.2) is 30.3 Å². The van der Waals surface area contributed by atoms with Crippen molar-refractivity contribution in [1.29, 1.82) is 0 Å². The number of benzene rings is 2. The number of aliphatic hydroxyl groups is 1. The van der Waals surface area contributed by atoms with E-state index in [0.29, 0.717) is 6.42 Å². The monoisotopic (exact) mass is 246 g/mol. The van der Waals surface area contributed by atoms with Crippen LogP contribution in [-0.2, 0) is 6.42 Å². The van der Waals surface area contributed by atoms with Crippen LogP contribution in [0.1, 0.15) is 12.5 Å². The van der Waals surface area contributed by atoms with Gasteiger partial charge < -0.3 is 14.6 Å². The van der Waals surface area contributed by atoms with Crippen molar-refractivity contribution < 1.29 is 14.6 Å². The number of aliphatic hydroxyl groups excluding tert-OH is 1. The number of hydrogen-bond donors (Lipinski definition) is 1. The summed E-state index contributed by atoms with van der Waals surface area (Å²) in [6.45, 7) is 1.78. The predicted molar refractivity (Wildman–Crippen MR) is 72.4 cm³/mol. The van der Waals surface area contributed by atoms with E-state index in [0.717, 1.165) is 27.8 Å². The van der Waals surface area contributed by atoms with Gasteiger partial charge in [0, 0.05) is 12.0 Å². The van der Waals surface area contributed by atoms with Crippen LogP contribution < -0.4 is 9.47 Å². The van der Waals surface area contributed by atoms with Crippen LogP contribution in [0.4, 0.5) is 0 Å². The standard InChI is InChI=1S/C15H18O3/c1-10(16)8-14-13-9-12(17-2)6-4-11(13)5-7-15(14)18-3/h4-7,9-10,16H,8H2,1-3H3. The maximum atomic E-state index is 9.62. The fourth-order valence-corrected chi connectivity index (χ4v) is 2.17. The van der Waals surface area contributed by atoms with Crippen LogP contribution in [0.5, 0.6) is 11.5 Å². The first kappa shape index (κ1) is 12.7. The zero-order valence-electron chi connectivity index (χ0n) is 10.9. The quantitative estimate of drug-likeness (QED) is 0.901. The molecule has 3 nitrogen and oxygen atoms in total. The van der Waals surface area contributed by atoms with Crippen molar-refractivity contribution in [2.75, 3.05) is 14.2 Å². The second-order valence-corrected chi connectivity index (χ2v) is 4.39. The molecule has 0 fully saturated rings. The van der Waals surface area contributed by atoms with Crippen molar-refractivity contribution in [3.63, 3.8) is 0 Å². The SMILES string of the molecule is COc1ccc2ccc(OC)c(CC(C)O)c2c1. The molecule has 2 aromatic carbocycles. The number of hydrogen-bond acceptors (Lipinski definition) is 3. The molecule has 96 valence electrons. The van der Waals surface area contributed by atoms with Crippen LogP contribution in [0, 0.1) is 0 Å². The molecular weight excluding hydrogens is 228 g/mol. The molecule has 0 aromatic heterocycles. The van der Waals surface area contributed by atoms with E-state index in [-0.39, 0.29) is 0 Å². The van der Waals surface area contributed by atoms with Gasteiger partial charge >= 0.3 is 0 Å². The summed E-state index contributed by atoms with van der Waals surface area (Å²) in [5.74, 6) is 1.61. The van der Waals surface area contributed by atoms with E-state index in [1.54, 1.807) is 21.1 Å². The second-order valence-electron chi connectivity index (χ2n) is 4.39. The van der Waals surface area contributed by atoms with Gasteiger partial charge in [0.15, 0.2) is 0 Å². The minimum absolute atomic E-state index is 0.407. The maximum absolute atomic E-state index is 9.62. The Morgan fingerprint density at radius 2 is 1.83 bits per heavy atom. The van der Waals surface area contributed by atoms with Gasteiger partial charge in [-0.2, -0.15) is 0 Å². The molecule has 0 amide bonds. The number of rotatable bonds is 4. The van der Waals surface area contributed by atoms with Crippen molar-refractivity contribution in [2.45, 2.75) is 19.4 Å². The molecule has 0 saturated heterocycles. The van der Waals surface area contributed by atoms with E-state index >= 15 is 0 Å². The summed E-state index contributed by atoms with van der Waals surface area (Å²) in [5.41, 5.74) is 1.02. The van der Waals surface area contributed by atoms with E-state index in [1.165, 1.54) is 0 Å². The zero-order valence-corrected chi connectivity index (χ0v) is 10.9. The van der Waals surface area contributed by atoms with Gasteiger partial charge in [-0.25, -0.2) is 0 Å². The summed E-state index contributed by atoms with van der Waals surface area (Å²) in [6.07, 6.45) is 0.156. The molecule has 1 unspecified atom stereocenters. The lowest BCUT2D eigenvalue weighted by molar-refractivity contribution is 0.194. The van der Waals surface area contributed by atoms with Gasteiger partial charge in [-0.05, 0) is 35.9 Å². The molecule has 0 aliphatic heterocycles. The first-order valence-corrected chi connectivity index (χ1v) is 5.97. The number of methoxy groups -OCH3 is 2. The third kappa shape index (κ3) is 2.41. The molecule has 3 heteroatoms. The minimum Gasteiger partial charge on any atom is -0.497 e. The molecule has 1 atom stereocenters. The van der Waals surface area contributed by atoms with E-state index in [9.17, 15) is 5.11 Å². The maximum Gasteiger partial charge on any atom is 0.122 e. The molecule has 0 heterocycles. The third-order valence-electron chi connectivity index (χ3n) is 3.02. The summed E-state index contributed by atoms with van der Waals surface area (Å²) in [4.78, 5) is 0. The molecular formula is C15H18O3.